The molecule has 0 saturated heterocycles. The molecule has 1 aromatic carbocycles. The van der Waals surface area contributed by atoms with Gasteiger partial charge in [-0.1, -0.05) is 23.8 Å². The molecule has 0 amide bonds. The Labute approximate surface area is 101 Å². The van der Waals surface area contributed by atoms with Crippen LogP contribution >= 0.6 is 0 Å². The van der Waals surface area contributed by atoms with Gasteiger partial charge in [-0.2, -0.15) is 0 Å². The zero-order valence-electron chi connectivity index (χ0n) is 9.73. The third kappa shape index (κ3) is 3.63. The first-order chi connectivity index (χ1) is 8.24. The molecule has 0 unspecified atom stereocenters. The summed E-state index contributed by atoms with van der Waals surface area (Å²) in [4.78, 5) is 10.5. The van der Waals surface area contributed by atoms with E-state index in [1.165, 1.54) is 6.08 Å². The molecule has 1 fully saturated rings. The first-order valence-electron chi connectivity index (χ1n) is 5.98. The van der Waals surface area contributed by atoms with Crippen LogP contribution in [0.15, 0.2) is 42.0 Å². The molecule has 3 nitrogen and oxygen atoms in total. The van der Waals surface area contributed by atoms with Gasteiger partial charge in [0.25, 0.3) is 0 Å². The fourth-order valence-electron chi connectivity index (χ4n) is 2.22. The van der Waals surface area contributed by atoms with Gasteiger partial charge in [0.1, 0.15) is 0 Å². The molecule has 0 aliphatic heterocycles. The molecule has 2 N–H and O–H groups in total. The first kappa shape index (κ1) is 11.7. The lowest BCUT2D eigenvalue weighted by molar-refractivity contribution is -0.131. The quantitative estimate of drug-likeness (QED) is 0.786. The summed E-state index contributed by atoms with van der Waals surface area (Å²) in [6.45, 7) is 0. The Kier molecular flexibility index (Phi) is 3.81. The third-order valence-electron chi connectivity index (χ3n) is 3.10. The van der Waals surface area contributed by atoms with Crippen LogP contribution < -0.4 is 5.32 Å². The van der Waals surface area contributed by atoms with Gasteiger partial charge in [-0.05, 0) is 37.8 Å². The summed E-state index contributed by atoms with van der Waals surface area (Å²) in [7, 11) is 0. The van der Waals surface area contributed by atoms with E-state index >= 15 is 0 Å². The Balaban J connectivity index is 1.86. The summed E-state index contributed by atoms with van der Waals surface area (Å²) in [5.74, 6) is -0.825. The Morgan fingerprint density at radius 3 is 2.47 bits per heavy atom. The number of carboxylic acid groups (broad SMARTS) is 1. The predicted molar refractivity (Wildman–Crippen MR) is 68.0 cm³/mol. The molecular formula is C14H17NO2. The minimum atomic E-state index is -0.825. The lowest BCUT2D eigenvalue weighted by atomic mass is 9.90. The zero-order chi connectivity index (χ0) is 12.1. The van der Waals surface area contributed by atoms with Gasteiger partial charge in [-0.25, -0.2) is 4.79 Å². The van der Waals surface area contributed by atoms with E-state index in [2.05, 4.69) is 17.4 Å². The van der Waals surface area contributed by atoms with E-state index < -0.39 is 5.97 Å². The fourth-order valence-corrected chi connectivity index (χ4v) is 2.22. The van der Waals surface area contributed by atoms with E-state index in [0.29, 0.717) is 6.04 Å². The number of aliphatic carboxylic acids is 1. The van der Waals surface area contributed by atoms with Gasteiger partial charge in [-0.15, -0.1) is 0 Å². The summed E-state index contributed by atoms with van der Waals surface area (Å²) in [6, 6.07) is 10.6. The fraction of sp³-hybridized carbons (Fsp3) is 0.357. The molecule has 0 atom stereocenters. The van der Waals surface area contributed by atoms with Gasteiger partial charge in [-0.3, -0.25) is 0 Å². The second-order valence-corrected chi connectivity index (χ2v) is 4.43. The first-order valence-corrected chi connectivity index (χ1v) is 5.98. The van der Waals surface area contributed by atoms with E-state index in [0.717, 1.165) is 36.9 Å². The molecule has 17 heavy (non-hydrogen) atoms. The van der Waals surface area contributed by atoms with E-state index in [9.17, 15) is 4.79 Å². The van der Waals surface area contributed by atoms with Crippen molar-refractivity contribution in [3.8, 4) is 0 Å². The number of hydrogen-bond acceptors (Lipinski definition) is 2. The van der Waals surface area contributed by atoms with Crippen LogP contribution in [0.3, 0.4) is 0 Å². The molecule has 2 rings (SSSR count). The van der Waals surface area contributed by atoms with Gasteiger partial charge in [0, 0.05) is 17.8 Å². The molecule has 0 heterocycles. The highest BCUT2D eigenvalue weighted by Crippen LogP contribution is 2.25. The van der Waals surface area contributed by atoms with E-state index in [1.54, 1.807) is 0 Å². The standard InChI is InChI=1S/C14H17NO2/c16-14(17)10-11-6-8-13(9-7-11)15-12-4-2-1-3-5-12/h1-5,10,13,15H,6-9H2,(H,16,17). The summed E-state index contributed by atoms with van der Waals surface area (Å²) in [6.07, 6.45) is 5.15. The van der Waals surface area contributed by atoms with Crippen LogP contribution in [0.2, 0.25) is 0 Å². The maximum Gasteiger partial charge on any atom is 0.328 e. The van der Waals surface area contributed by atoms with Gasteiger partial charge in [0.05, 0.1) is 0 Å². The monoisotopic (exact) mass is 231 g/mol. The number of rotatable bonds is 3. The Morgan fingerprint density at radius 1 is 1.24 bits per heavy atom. The smallest absolute Gasteiger partial charge is 0.328 e. The number of para-hydroxylation sites is 1. The molecule has 0 bridgehead atoms. The molecule has 1 saturated carbocycles. The number of anilines is 1. The van der Waals surface area contributed by atoms with Crippen LogP contribution in [0.5, 0.6) is 0 Å². The maximum atomic E-state index is 10.5. The second kappa shape index (κ2) is 5.53. The summed E-state index contributed by atoms with van der Waals surface area (Å²) >= 11 is 0. The molecule has 0 radical (unpaired) electrons. The van der Waals surface area contributed by atoms with Crippen LogP contribution in [-0.2, 0) is 4.79 Å². The topological polar surface area (TPSA) is 49.3 Å². The van der Waals surface area contributed by atoms with Crippen molar-refractivity contribution in [3.05, 3.63) is 42.0 Å². The average Bonchev–Trinajstić information content (AvgIpc) is 2.32. The predicted octanol–water partition coefficient (Wildman–Crippen LogP) is 3.05. The SMILES string of the molecule is O=C(O)C=C1CCC(Nc2ccccc2)CC1. The normalized spacial score (nSPS) is 19.8. The number of benzene rings is 1. The zero-order valence-corrected chi connectivity index (χ0v) is 9.73. The molecule has 0 spiro atoms. The van der Waals surface area contributed by atoms with Crippen LogP contribution in [0.1, 0.15) is 25.7 Å². The maximum absolute atomic E-state index is 10.5. The van der Waals surface area contributed by atoms with Crippen LogP contribution in [0.4, 0.5) is 5.69 Å². The largest absolute Gasteiger partial charge is 0.478 e. The van der Waals surface area contributed by atoms with Gasteiger partial charge in [0.2, 0.25) is 0 Å². The van der Waals surface area contributed by atoms with Crippen molar-refractivity contribution in [1.29, 1.82) is 0 Å². The van der Waals surface area contributed by atoms with E-state index in [-0.39, 0.29) is 0 Å². The van der Waals surface area contributed by atoms with Crippen molar-refractivity contribution < 1.29 is 9.90 Å². The van der Waals surface area contributed by atoms with Crippen molar-refractivity contribution in [3.63, 3.8) is 0 Å². The van der Waals surface area contributed by atoms with E-state index in [1.807, 2.05) is 18.2 Å². The number of hydrogen-bond donors (Lipinski definition) is 2. The minimum Gasteiger partial charge on any atom is -0.478 e. The number of nitrogens with one attached hydrogen (secondary N) is 1. The summed E-state index contributed by atoms with van der Waals surface area (Å²) in [5.41, 5.74) is 2.20. The van der Waals surface area contributed by atoms with Crippen molar-refractivity contribution in [2.24, 2.45) is 0 Å². The Morgan fingerprint density at radius 2 is 1.88 bits per heavy atom. The van der Waals surface area contributed by atoms with Crippen molar-refractivity contribution in [2.75, 3.05) is 5.32 Å². The van der Waals surface area contributed by atoms with Gasteiger partial charge in [0.15, 0.2) is 0 Å². The van der Waals surface area contributed by atoms with Crippen LogP contribution in [0.25, 0.3) is 0 Å². The Bertz CT molecular complexity index is 401. The lowest BCUT2D eigenvalue weighted by Gasteiger charge is -2.25. The lowest BCUT2D eigenvalue weighted by Crippen LogP contribution is -2.23. The van der Waals surface area contributed by atoms with Crippen molar-refractivity contribution in [1.82, 2.24) is 0 Å². The highest BCUT2D eigenvalue weighted by Gasteiger charge is 2.16. The molecule has 1 aromatic rings. The minimum absolute atomic E-state index is 0.461. The highest BCUT2D eigenvalue weighted by molar-refractivity contribution is 5.80. The molecule has 3 heteroatoms. The molecular weight excluding hydrogens is 214 g/mol. The van der Waals surface area contributed by atoms with Crippen molar-refractivity contribution >= 4 is 11.7 Å². The Hall–Kier alpha value is -1.77. The van der Waals surface area contributed by atoms with E-state index in [4.69, 9.17) is 5.11 Å². The highest BCUT2D eigenvalue weighted by atomic mass is 16.4. The molecule has 90 valence electrons. The number of carboxylic acids is 1. The van der Waals surface area contributed by atoms with Gasteiger partial charge >= 0.3 is 5.97 Å². The molecule has 1 aliphatic carbocycles. The molecule has 0 aromatic heterocycles. The number of carbonyl (C=O) groups is 1. The summed E-state index contributed by atoms with van der Waals surface area (Å²) in [5, 5.41) is 12.2. The number of allylic oxidation sites excluding steroid dienone is 1. The van der Waals surface area contributed by atoms with Gasteiger partial charge < -0.3 is 10.4 Å². The average molecular weight is 231 g/mol. The van der Waals surface area contributed by atoms with Crippen LogP contribution in [-0.4, -0.2) is 17.1 Å². The summed E-state index contributed by atoms with van der Waals surface area (Å²) < 4.78 is 0. The molecule has 1 aliphatic rings. The van der Waals surface area contributed by atoms with Crippen LogP contribution in [0, 0.1) is 0 Å². The second-order valence-electron chi connectivity index (χ2n) is 4.43. The van der Waals surface area contributed by atoms with Crippen molar-refractivity contribution in [2.45, 2.75) is 31.7 Å². The third-order valence-corrected chi connectivity index (χ3v) is 3.10.